The van der Waals surface area contributed by atoms with E-state index in [2.05, 4.69) is 31.3 Å². The summed E-state index contributed by atoms with van der Waals surface area (Å²) in [4.78, 5) is 3.96. The fraction of sp³-hybridized carbons (Fsp3) is 0.444. The third-order valence-electron chi connectivity index (χ3n) is 1.97. The van der Waals surface area contributed by atoms with Crippen LogP contribution in [0.1, 0.15) is 13.3 Å². The molecule has 1 aliphatic rings. The second-order valence-corrected chi connectivity index (χ2v) is 2.71. The van der Waals surface area contributed by atoms with E-state index in [4.69, 9.17) is 0 Å². The van der Waals surface area contributed by atoms with E-state index in [9.17, 15) is 0 Å². The third-order valence-corrected chi connectivity index (χ3v) is 1.97. The van der Waals surface area contributed by atoms with Crippen LogP contribution in [0.5, 0.6) is 0 Å². The maximum atomic E-state index is 3.96. The van der Waals surface area contributed by atoms with Crippen LogP contribution < -0.4 is 0 Å². The fourth-order valence-corrected chi connectivity index (χ4v) is 1.15. The van der Waals surface area contributed by atoms with Gasteiger partial charge in [-0.2, -0.15) is 0 Å². The second-order valence-electron chi connectivity index (χ2n) is 2.71. The van der Waals surface area contributed by atoms with Gasteiger partial charge in [-0.15, -0.1) is 0 Å². The quantitative estimate of drug-likeness (QED) is 0.526. The summed E-state index contributed by atoms with van der Waals surface area (Å²) in [6, 6.07) is 0.395. The van der Waals surface area contributed by atoms with E-state index >= 15 is 0 Å². The minimum Gasteiger partial charge on any atom is -0.297 e. The summed E-state index contributed by atoms with van der Waals surface area (Å²) in [5.74, 6) is 0.662. The molecule has 0 N–H and O–H groups in total. The fourth-order valence-electron chi connectivity index (χ4n) is 1.15. The Labute approximate surface area is 62.2 Å². The van der Waals surface area contributed by atoms with Gasteiger partial charge in [-0.05, 0) is 20.1 Å². The van der Waals surface area contributed by atoms with Crippen molar-refractivity contribution in [2.75, 3.05) is 0 Å². The highest BCUT2D eigenvalue weighted by Crippen LogP contribution is 2.41. The molecule has 1 nitrogen and oxygen atoms in total. The number of hydrogen-bond acceptors (Lipinski definition) is 1. The van der Waals surface area contributed by atoms with Gasteiger partial charge >= 0.3 is 0 Å². The highest BCUT2D eigenvalue weighted by Gasteiger charge is 2.33. The van der Waals surface area contributed by atoms with E-state index in [1.54, 1.807) is 0 Å². The maximum Gasteiger partial charge on any atom is 0.0532 e. The van der Waals surface area contributed by atoms with Crippen LogP contribution in [0.25, 0.3) is 0 Å². The van der Waals surface area contributed by atoms with Crippen LogP contribution in [0.2, 0.25) is 0 Å². The van der Waals surface area contributed by atoms with Crippen LogP contribution in [0.4, 0.5) is 0 Å². The smallest absolute Gasteiger partial charge is 0.0532 e. The topological polar surface area (TPSA) is 12.4 Å². The summed E-state index contributed by atoms with van der Waals surface area (Å²) in [5.41, 5.74) is 1.47. The van der Waals surface area contributed by atoms with Crippen LogP contribution in [-0.4, -0.2) is 12.8 Å². The van der Waals surface area contributed by atoms with Gasteiger partial charge in [0.25, 0.3) is 0 Å². The Kier molecular flexibility index (Phi) is 2.05. The molecule has 0 heterocycles. The van der Waals surface area contributed by atoms with E-state index in [-0.39, 0.29) is 0 Å². The van der Waals surface area contributed by atoms with Gasteiger partial charge in [0, 0.05) is 5.92 Å². The molecular formula is C9H13N. The Hall–Kier alpha value is -0.850. The molecule has 0 radical (unpaired) electrons. The Morgan fingerprint density at radius 1 is 1.80 bits per heavy atom. The van der Waals surface area contributed by atoms with Gasteiger partial charge in [-0.3, -0.25) is 4.99 Å². The van der Waals surface area contributed by atoms with Crippen molar-refractivity contribution in [3.05, 3.63) is 24.3 Å². The number of hydrogen-bond donors (Lipinski definition) is 0. The molecule has 0 aliphatic heterocycles. The molecule has 2 atom stereocenters. The predicted molar refractivity (Wildman–Crippen MR) is 45.4 cm³/mol. The van der Waals surface area contributed by atoms with E-state index in [1.165, 1.54) is 12.0 Å². The lowest BCUT2D eigenvalue weighted by atomic mass is 10.2. The van der Waals surface area contributed by atoms with Gasteiger partial charge in [0.15, 0.2) is 0 Å². The molecule has 54 valence electrons. The van der Waals surface area contributed by atoms with Gasteiger partial charge in [0.05, 0.1) is 6.04 Å². The van der Waals surface area contributed by atoms with Crippen LogP contribution in [0.3, 0.4) is 0 Å². The first-order valence-corrected chi connectivity index (χ1v) is 3.57. The van der Waals surface area contributed by atoms with Crippen LogP contribution in [0, 0.1) is 5.92 Å². The van der Waals surface area contributed by atoms with Crippen molar-refractivity contribution in [2.45, 2.75) is 19.4 Å². The summed E-state index contributed by atoms with van der Waals surface area (Å²) < 4.78 is 0. The molecule has 1 fully saturated rings. The standard InChI is InChI=1S/C9H13N/c1-4-5-8-6-9(8)7(2)10-3/h4-5,7,9H,1,3,6H2,2H3/b8-5+/t7-,9+/m1/s1. The van der Waals surface area contributed by atoms with E-state index in [1.807, 2.05) is 6.08 Å². The molecule has 0 bridgehead atoms. The Balaban J connectivity index is 2.44. The first kappa shape index (κ1) is 7.26. The Bertz CT molecular complexity index is 179. The molecular weight excluding hydrogens is 122 g/mol. The van der Waals surface area contributed by atoms with Crippen LogP contribution >= 0.6 is 0 Å². The zero-order chi connectivity index (χ0) is 7.56. The monoisotopic (exact) mass is 135 g/mol. The molecule has 0 aromatic carbocycles. The molecule has 0 amide bonds. The van der Waals surface area contributed by atoms with Crippen molar-refractivity contribution in [3.63, 3.8) is 0 Å². The van der Waals surface area contributed by atoms with Crippen molar-refractivity contribution in [2.24, 2.45) is 10.9 Å². The summed E-state index contributed by atoms with van der Waals surface area (Å²) >= 11 is 0. The average Bonchev–Trinajstić information content (AvgIpc) is 2.67. The Morgan fingerprint density at radius 3 is 3.00 bits per heavy atom. The molecule has 1 aliphatic carbocycles. The molecule has 1 saturated carbocycles. The molecule has 0 unspecified atom stereocenters. The van der Waals surface area contributed by atoms with Crippen LogP contribution in [0.15, 0.2) is 29.3 Å². The number of rotatable bonds is 3. The first-order chi connectivity index (χ1) is 4.79. The van der Waals surface area contributed by atoms with Gasteiger partial charge < -0.3 is 0 Å². The van der Waals surface area contributed by atoms with E-state index in [0.717, 1.165) is 0 Å². The molecule has 0 aromatic heterocycles. The molecule has 1 rings (SSSR count). The normalized spacial score (nSPS) is 29.7. The van der Waals surface area contributed by atoms with Gasteiger partial charge in [-0.25, -0.2) is 0 Å². The SMILES string of the molecule is C=C/C=C1\C[C@H]1[C@@H](C)N=C. The number of allylic oxidation sites excluding steroid dienone is 2. The minimum atomic E-state index is 0.395. The van der Waals surface area contributed by atoms with Crippen molar-refractivity contribution >= 4 is 6.72 Å². The summed E-state index contributed by atoms with van der Waals surface area (Å²) in [6.07, 6.45) is 5.10. The number of nitrogens with zero attached hydrogens (tertiary/aromatic N) is 1. The summed E-state index contributed by atoms with van der Waals surface area (Å²) in [5, 5.41) is 0. The lowest BCUT2D eigenvalue weighted by Gasteiger charge is -1.97. The van der Waals surface area contributed by atoms with Crippen molar-refractivity contribution in [1.29, 1.82) is 0 Å². The lowest BCUT2D eigenvalue weighted by Crippen LogP contribution is -1.98. The van der Waals surface area contributed by atoms with Crippen molar-refractivity contribution in [3.8, 4) is 0 Å². The molecule has 0 saturated heterocycles. The van der Waals surface area contributed by atoms with Crippen molar-refractivity contribution in [1.82, 2.24) is 0 Å². The maximum absolute atomic E-state index is 3.96. The zero-order valence-electron chi connectivity index (χ0n) is 6.38. The van der Waals surface area contributed by atoms with E-state index in [0.29, 0.717) is 12.0 Å². The van der Waals surface area contributed by atoms with Gasteiger partial charge in [0.2, 0.25) is 0 Å². The molecule has 1 heteroatoms. The first-order valence-electron chi connectivity index (χ1n) is 3.57. The summed E-state index contributed by atoms with van der Waals surface area (Å²) in [6.45, 7) is 9.25. The number of aliphatic imine (C=N–C) groups is 1. The second kappa shape index (κ2) is 2.82. The van der Waals surface area contributed by atoms with Crippen molar-refractivity contribution < 1.29 is 0 Å². The van der Waals surface area contributed by atoms with E-state index < -0.39 is 0 Å². The summed E-state index contributed by atoms with van der Waals surface area (Å²) in [7, 11) is 0. The third kappa shape index (κ3) is 1.35. The molecule has 10 heavy (non-hydrogen) atoms. The zero-order valence-corrected chi connectivity index (χ0v) is 6.38. The lowest BCUT2D eigenvalue weighted by molar-refractivity contribution is 0.676. The van der Waals surface area contributed by atoms with Gasteiger partial charge in [0.1, 0.15) is 0 Å². The van der Waals surface area contributed by atoms with Gasteiger partial charge in [-0.1, -0.05) is 24.3 Å². The average molecular weight is 135 g/mol. The Morgan fingerprint density at radius 2 is 2.50 bits per heavy atom. The minimum absolute atomic E-state index is 0.395. The molecule has 0 aromatic rings. The largest absolute Gasteiger partial charge is 0.297 e. The van der Waals surface area contributed by atoms with Crippen LogP contribution in [-0.2, 0) is 0 Å². The highest BCUT2D eigenvalue weighted by molar-refractivity contribution is 5.32. The predicted octanol–water partition coefficient (Wildman–Crippen LogP) is 2.21. The molecule has 0 spiro atoms. The highest BCUT2D eigenvalue weighted by atomic mass is 14.8.